The van der Waals surface area contributed by atoms with Crippen LogP contribution in [0.2, 0.25) is 5.02 Å². The highest BCUT2D eigenvalue weighted by molar-refractivity contribution is 7.80. The average Bonchev–Trinajstić information content (AvgIpc) is 2.70. The van der Waals surface area contributed by atoms with Crippen molar-refractivity contribution in [2.45, 2.75) is 0 Å². The molecule has 2 aromatic carbocycles. The van der Waals surface area contributed by atoms with Gasteiger partial charge < -0.3 is 14.2 Å². The van der Waals surface area contributed by atoms with E-state index in [4.69, 9.17) is 38.0 Å². The molecular formula is C18H18ClN3O5S. The van der Waals surface area contributed by atoms with E-state index in [0.29, 0.717) is 22.3 Å². The fraction of sp³-hybridized carbons (Fsp3) is 0.167. The number of halogens is 1. The van der Waals surface area contributed by atoms with Crippen molar-refractivity contribution in [3.05, 3.63) is 53.6 Å². The van der Waals surface area contributed by atoms with Crippen molar-refractivity contribution < 1.29 is 23.8 Å². The lowest BCUT2D eigenvalue weighted by Crippen LogP contribution is -2.50. The van der Waals surface area contributed by atoms with Crippen LogP contribution >= 0.6 is 23.8 Å². The molecule has 0 aliphatic carbocycles. The van der Waals surface area contributed by atoms with Crippen LogP contribution < -0.4 is 30.4 Å². The first-order valence-electron chi connectivity index (χ1n) is 8.01. The first-order valence-corrected chi connectivity index (χ1v) is 8.79. The number of benzene rings is 2. The lowest BCUT2D eigenvalue weighted by molar-refractivity contribution is -0.124. The Balaban J connectivity index is 1.64. The van der Waals surface area contributed by atoms with Crippen LogP contribution in [0.3, 0.4) is 0 Å². The fourth-order valence-electron chi connectivity index (χ4n) is 1.88. The first kappa shape index (κ1) is 21.3. The van der Waals surface area contributed by atoms with Crippen LogP contribution in [0.5, 0.6) is 17.2 Å². The Morgan fingerprint density at radius 3 is 2.25 bits per heavy atom. The van der Waals surface area contributed by atoms with Crippen molar-refractivity contribution in [2.24, 2.45) is 0 Å². The van der Waals surface area contributed by atoms with Gasteiger partial charge in [0.25, 0.3) is 11.8 Å². The number of amides is 2. The van der Waals surface area contributed by atoms with Crippen LogP contribution in [0.1, 0.15) is 0 Å². The standard InChI is InChI=1S/C18H18ClN3O5S/c1-25-12-6-8-13(9-7-12)26-10-16(23)20-18(28)22-21-17(24)11-27-15-5-3-2-4-14(15)19/h2-9H,10-11H2,1H3,(H,21,24)(H2,20,22,23,28). The average molecular weight is 424 g/mol. The second kappa shape index (κ2) is 11.0. The molecular weight excluding hydrogens is 406 g/mol. The topological polar surface area (TPSA) is 97.9 Å². The molecule has 2 aromatic rings. The van der Waals surface area contributed by atoms with Crippen molar-refractivity contribution in [1.29, 1.82) is 0 Å². The number of thiocarbonyl (C=S) groups is 1. The van der Waals surface area contributed by atoms with E-state index in [-0.39, 0.29) is 18.3 Å². The molecule has 0 atom stereocenters. The molecule has 0 aromatic heterocycles. The third-order valence-electron chi connectivity index (χ3n) is 3.19. The van der Waals surface area contributed by atoms with E-state index in [1.165, 1.54) is 0 Å². The Kier molecular flexibility index (Phi) is 8.32. The normalized spacial score (nSPS) is 9.79. The minimum Gasteiger partial charge on any atom is -0.497 e. The Bertz CT molecular complexity index is 832. The van der Waals surface area contributed by atoms with Crippen LogP contribution in [-0.4, -0.2) is 37.3 Å². The molecule has 0 aliphatic heterocycles. The Hall–Kier alpha value is -3.04. The molecule has 0 saturated carbocycles. The number of para-hydroxylation sites is 1. The molecule has 0 unspecified atom stereocenters. The number of hydrogen-bond donors (Lipinski definition) is 3. The highest BCUT2D eigenvalue weighted by Gasteiger charge is 2.08. The number of carbonyl (C=O) groups excluding carboxylic acids is 2. The number of hydrogen-bond acceptors (Lipinski definition) is 6. The van der Waals surface area contributed by atoms with Gasteiger partial charge in [-0.2, -0.15) is 0 Å². The monoisotopic (exact) mass is 423 g/mol. The van der Waals surface area contributed by atoms with Crippen LogP contribution in [-0.2, 0) is 9.59 Å². The highest BCUT2D eigenvalue weighted by atomic mass is 35.5. The minimum absolute atomic E-state index is 0.0885. The van der Waals surface area contributed by atoms with Crippen molar-refractivity contribution >= 4 is 40.7 Å². The number of carbonyl (C=O) groups is 2. The molecule has 2 rings (SSSR count). The van der Waals surface area contributed by atoms with Crippen molar-refractivity contribution in [3.63, 3.8) is 0 Å². The quantitative estimate of drug-likeness (QED) is 0.461. The van der Waals surface area contributed by atoms with Gasteiger partial charge in [0.05, 0.1) is 12.1 Å². The zero-order chi connectivity index (χ0) is 20.4. The van der Waals surface area contributed by atoms with E-state index in [2.05, 4.69) is 16.2 Å². The lowest BCUT2D eigenvalue weighted by Gasteiger charge is -2.12. The molecule has 0 fully saturated rings. The van der Waals surface area contributed by atoms with Gasteiger partial charge in [0.1, 0.15) is 17.2 Å². The molecule has 0 saturated heterocycles. The highest BCUT2D eigenvalue weighted by Crippen LogP contribution is 2.22. The van der Waals surface area contributed by atoms with Gasteiger partial charge in [-0.05, 0) is 48.6 Å². The van der Waals surface area contributed by atoms with E-state index in [1.807, 2.05) is 0 Å². The molecule has 3 N–H and O–H groups in total. The molecule has 28 heavy (non-hydrogen) atoms. The summed E-state index contributed by atoms with van der Waals surface area (Å²) in [6, 6.07) is 13.5. The maximum absolute atomic E-state index is 11.8. The lowest BCUT2D eigenvalue weighted by atomic mass is 10.3. The van der Waals surface area contributed by atoms with E-state index in [1.54, 1.807) is 55.6 Å². The molecule has 8 nitrogen and oxygen atoms in total. The molecule has 148 valence electrons. The molecule has 0 spiro atoms. The van der Waals surface area contributed by atoms with Crippen LogP contribution in [0.4, 0.5) is 0 Å². The van der Waals surface area contributed by atoms with Gasteiger partial charge in [-0.1, -0.05) is 23.7 Å². The zero-order valence-corrected chi connectivity index (χ0v) is 16.4. The SMILES string of the molecule is COc1ccc(OCC(=O)NC(=S)NNC(=O)COc2ccccc2Cl)cc1. The maximum Gasteiger partial charge on any atom is 0.276 e. The van der Waals surface area contributed by atoms with E-state index in [9.17, 15) is 9.59 Å². The van der Waals surface area contributed by atoms with Gasteiger partial charge in [0, 0.05) is 0 Å². The number of hydrazine groups is 1. The van der Waals surface area contributed by atoms with E-state index in [0.717, 1.165) is 0 Å². The summed E-state index contributed by atoms with van der Waals surface area (Å²) in [5.74, 6) is 0.558. The molecule has 0 heterocycles. The summed E-state index contributed by atoms with van der Waals surface area (Å²) >= 11 is 10.8. The summed E-state index contributed by atoms with van der Waals surface area (Å²) in [6.45, 7) is -0.536. The number of ether oxygens (including phenoxy) is 3. The predicted molar refractivity (Wildman–Crippen MR) is 107 cm³/mol. The summed E-state index contributed by atoms with van der Waals surface area (Å²) in [7, 11) is 1.55. The van der Waals surface area contributed by atoms with Crippen molar-refractivity contribution in [2.75, 3.05) is 20.3 Å². The Labute approximate surface area is 172 Å². The molecule has 0 aliphatic rings. The third kappa shape index (κ3) is 7.29. The van der Waals surface area contributed by atoms with E-state index < -0.39 is 11.8 Å². The minimum atomic E-state index is -0.508. The maximum atomic E-state index is 11.8. The predicted octanol–water partition coefficient (Wildman–Crippen LogP) is 1.83. The second-order valence-electron chi connectivity index (χ2n) is 5.23. The van der Waals surface area contributed by atoms with Gasteiger partial charge in [-0.15, -0.1) is 0 Å². The summed E-state index contributed by atoms with van der Waals surface area (Å²) < 4.78 is 15.6. The van der Waals surface area contributed by atoms with Crippen LogP contribution in [0, 0.1) is 0 Å². The van der Waals surface area contributed by atoms with Crippen LogP contribution in [0.15, 0.2) is 48.5 Å². The van der Waals surface area contributed by atoms with Gasteiger partial charge in [0.15, 0.2) is 18.3 Å². The van der Waals surface area contributed by atoms with Crippen molar-refractivity contribution in [1.82, 2.24) is 16.2 Å². The smallest absolute Gasteiger partial charge is 0.276 e. The molecule has 0 radical (unpaired) electrons. The summed E-state index contributed by atoms with van der Waals surface area (Å²) in [5.41, 5.74) is 4.69. The second-order valence-corrected chi connectivity index (χ2v) is 6.05. The van der Waals surface area contributed by atoms with Gasteiger partial charge in [-0.3, -0.25) is 25.8 Å². The first-order chi connectivity index (χ1) is 13.5. The Morgan fingerprint density at radius 2 is 1.57 bits per heavy atom. The van der Waals surface area contributed by atoms with Gasteiger partial charge >= 0.3 is 0 Å². The molecule has 10 heteroatoms. The molecule has 2 amide bonds. The molecule has 0 bridgehead atoms. The fourth-order valence-corrected chi connectivity index (χ4v) is 2.24. The van der Waals surface area contributed by atoms with Crippen molar-refractivity contribution in [3.8, 4) is 17.2 Å². The van der Waals surface area contributed by atoms with Crippen LogP contribution in [0.25, 0.3) is 0 Å². The zero-order valence-electron chi connectivity index (χ0n) is 14.9. The largest absolute Gasteiger partial charge is 0.497 e. The summed E-state index contributed by atoms with van der Waals surface area (Å²) in [5, 5.41) is 2.67. The van der Waals surface area contributed by atoms with E-state index >= 15 is 0 Å². The van der Waals surface area contributed by atoms with Gasteiger partial charge in [-0.25, -0.2) is 0 Å². The summed E-state index contributed by atoms with van der Waals surface area (Å²) in [4.78, 5) is 23.5. The van der Waals surface area contributed by atoms with Gasteiger partial charge in [0.2, 0.25) is 0 Å². The number of methoxy groups -OCH3 is 1. The Morgan fingerprint density at radius 1 is 0.929 bits per heavy atom. The summed E-state index contributed by atoms with van der Waals surface area (Å²) in [6.07, 6.45) is 0. The third-order valence-corrected chi connectivity index (χ3v) is 3.71. The number of nitrogens with one attached hydrogen (secondary N) is 3. The number of rotatable bonds is 7.